The zero-order valence-electron chi connectivity index (χ0n) is 17.9. The van der Waals surface area contributed by atoms with E-state index in [-0.39, 0.29) is 34.5 Å². The number of rotatable bonds is 5. The van der Waals surface area contributed by atoms with E-state index in [4.69, 9.17) is 9.15 Å². The van der Waals surface area contributed by atoms with E-state index in [1.54, 1.807) is 37.4 Å². The lowest BCUT2D eigenvalue weighted by Crippen LogP contribution is -2.29. The molecular weight excluding hydrogens is 443 g/mol. The molecule has 8 nitrogen and oxygen atoms in total. The summed E-state index contributed by atoms with van der Waals surface area (Å²) >= 11 is 0. The quantitative estimate of drug-likeness (QED) is 0.319. The van der Waals surface area contributed by atoms with Gasteiger partial charge in [-0.15, -0.1) is 0 Å². The van der Waals surface area contributed by atoms with Gasteiger partial charge in [0.2, 0.25) is 5.76 Å². The largest absolute Gasteiger partial charge is 0.497 e. The molecule has 0 bridgehead atoms. The second-order valence-corrected chi connectivity index (χ2v) is 7.85. The van der Waals surface area contributed by atoms with Crippen molar-refractivity contribution in [2.24, 2.45) is 0 Å². The highest BCUT2D eigenvalue weighted by Gasteiger charge is 2.43. The molecule has 0 saturated heterocycles. The second kappa shape index (κ2) is 8.11. The highest BCUT2D eigenvalue weighted by atomic mass is 19.1. The average molecular weight is 460 g/mol. The third-order valence-electron chi connectivity index (χ3n) is 5.84. The lowest BCUT2D eigenvalue weighted by Gasteiger charge is -2.25. The predicted octanol–water partition coefficient (Wildman–Crippen LogP) is 4.59. The summed E-state index contributed by atoms with van der Waals surface area (Å²) in [6.07, 6.45) is 0. The van der Waals surface area contributed by atoms with Crippen LogP contribution in [0.3, 0.4) is 0 Å². The second-order valence-electron chi connectivity index (χ2n) is 7.85. The summed E-state index contributed by atoms with van der Waals surface area (Å²) in [5.74, 6) is -0.675. The minimum absolute atomic E-state index is 0.00622. The number of ether oxygens (including phenoxy) is 1. The number of hydrogen-bond donors (Lipinski definition) is 0. The van der Waals surface area contributed by atoms with Gasteiger partial charge in [0, 0.05) is 18.7 Å². The number of carbonyl (C=O) groups excluding carboxylic acids is 1. The number of carbonyl (C=O) groups is 1. The number of methoxy groups -OCH3 is 1. The van der Waals surface area contributed by atoms with Gasteiger partial charge in [-0.05, 0) is 41.5 Å². The van der Waals surface area contributed by atoms with Crippen molar-refractivity contribution in [3.63, 3.8) is 0 Å². The van der Waals surface area contributed by atoms with E-state index >= 15 is 0 Å². The molecule has 0 unspecified atom stereocenters. The molecule has 1 aromatic heterocycles. The van der Waals surface area contributed by atoms with Gasteiger partial charge in [0.25, 0.3) is 11.6 Å². The maximum atomic E-state index is 13.9. The minimum Gasteiger partial charge on any atom is -0.497 e. The first-order valence-corrected chi connectivity index (χ1v) is 10.3. The van der Waals surface area contributed by atoms with Crippen LogP contribution in [0.4, 0.5) is 10.1 Å². The molecule has 1 amide bonds. The van der Waals surface area contributed by atoms with Crippen LogP contribution in [0.15, 0.2) is 75.9 Å². The van der Waals surface area contributed by atoms with Crippen molar-refractivity contribution in [2.45, 2.75) is 12.6 Å². The Morgan fingerprint density at radius 3 is 2.56 bits per heavy atom. The van der Waals surface area contributed by atoms with Crippen LogP contribution < -0.4 is 10.2 Å². The van der Waals surface area contributed by atoms with Gasteiger partial charge in [-0.2, -0.15) is 0 Å². The number of nitro groups is 1. The molecule has 170 valence electrons. The Hall–Kier alpha value is -4.53. The standard InChI is InChI=1S/C25H17FN2O6/c1-33-18-8-5-14(6-9-18)13-27-22(15-3-2-4-17(11-15)28(31)32)21-23(29)19-12-16(26)7-10-20(19)34-24(21)25(27)30/h2-12,22H,13H2,1H3/t22-/m0/s1. The van der Waals surface area contributed by atoms with Crippen LogP contribution in [0.25, 0.3) is 11.0 Å². The first-order valence-electron chi connectivity index (χ1n) is 10.3. The van der Waals surface area contributed by atoms with Gasteiger partial charge in [-0.25, -0.2) is 4.39 Å². The van der Waals surface area contributed by atoms with E-state index in [1.807, 2.05) is 0 Å². The molecule has 5 rings (SSSR count). The molecule has 0 spiro atoms. The molecule has 4 aromatic rings. The summed E-state index contributed by atoms with van der Waals surface area (Å²) in [5, 5.41) is 11.4. The molecule has 1 aliphatic rings. The fraction of sp³-hybridized carbons (Fsp3) is 0.120. The lowest BCUT2D eigenvalue weighted by molar-refractivity contribution is -0.384. The maximum Gasteiger partial charge on any atom is 0.291 e. The Morgan fingerprint density at radius 1 is 1.09 bits per heavy atom. The molecule has 9 heteroatoms. The van der Waals surface area contributed by atoms with Gasteiger partial charge in [-0.1, -0.05) is 24.3 Å². The molecule has 34 heavy (non-hydrogen) atoms. The van der Waals surface area contributed by atoms with Crippen molar-refractivity contribution in [1.82, 2.24) is 4.90 Å². The summed E-state index contributed by atoms with van der Waals surface area (Å²) in [6, 6.07) is 15.3. The third kappa shape index (κ3) is 3.47. The number of nitrogens with zero attached hydrogens (tertiary/aromatic N) is 2. The van der Waals surface area contributed by atoms with Crippen LogP contribution >= 0.6 is 0 Å². The van der Waals surface area contributed by atoms with Gasteiger partial charge >= 0.3 is 0 Å². The van der Waals surface area contributed by atoms with Crippen LogP contribution in [0.5, 0.6) is 5.75 Å². The Balaban J connectivity index is 1.71. The van der Waals surface area contributed by atoms with Crippen molar-refractivity contribution in [3.05, 3.63) is 115 Å². The summed E-state index contributed by atoms with van der Waals surface area (Å²) in [4.78, 5) is 39.2. The van der Waals surface area contributed by atoms with Crippen molar-refractivity contribution in [1.29, 1.82) is 0 Å². The highest BCUT2D eigenvalue weighted by Crippen LogP contribution is 2.40. The number of hydrogen-bond acceptors (Lipinski definition) is 6. The number of halogens is 1. The number of fused-ring (bicyclic) bond motifs is 2. The van der Waals surface area contributed by atoms with Crippen LogP contribution in [-0.2, 0) is 6.54 Å². The van der Waals surface area contributed by atoms with Crippen molar-refractivity contribution >= 4 is 22.6 Å². The topological polar surface area (TPSA) is 103 Å². The molecule has 0 radical (unpaired) electrons. The summed E-state index contributed by atoms with van der Waals surface area (Å²) in [7, 11) is 1.54. The monoisotopic (exact) mass is 460 g/mol. The van der Waals surface area contributed by atoms with Crippen molar-refractivity contribution in [2.75, 3.05) is 7.11 Å². The van der Waals surface area contributed by atoms with E-state index in [9.17, 15) is 24.1 Å². The SMILES string of the molecule is COc1ccc(CN2C(=O)c3oc4ccc(F)cc4c(=O)c3[C@@H]2c2cccc([N+](=O)[O-])c2)cc1. The van der Waals surface area contributed by atoms with Gasteiger partial charge in [0.1, 0.15) is 17.1 Å². The van der Waals surface area contributed by atoms with Crippen molar-refractivity contribution < 1.29 is 23.3 Å². The Labute approximate surface area is 192 Å². The summed E-state index contributed by atoms with van der Waals surface area (Å²) in [6.45, 7) is 0.102. The van der Waals surface area contributed by atoms with Crippen LogP contribution in [0.2, 0.25) is 0 Å². The lowest BCUT2D eigenvalue weighted by atomic mass is 9.98. The Kier molecular flexibility index (Phi) is 5.09. The number of benzene rings is 3. The average Bonchev–Trinajstić information content (AvgIpc) is 3.12. The van der Waals surface area contributed by atoms with Gasteiger partial charge in [-0.3, -0.25) is 19.7 Å². The van der Waals surface area contributed by atoms with Gasteiger partial charge in [0.05, 0.1) is 29.0 Å². The molecule has 2 heterocycles. The molecule has 0 N–H and O–H groups in total. The smallest absolute Gasteiger partial charge is 0.291 e. The number of amides is 1. The van der Waals surface area contributed by atoms with E-state index < -0.39 is 28.1 Å². The molecule has 0 saturated carbocycles. The summed E-state index contributed by atoms with van der Waals surface area (Å²) < 4.78 is 24.8. The van der Waals surface area contributed by atoms with Crippen LogP contribution in [0, 0.1) is 15.9 Å². The summed E-state index contributed by atoms with van der Waals surface area (Å²) in [5.41, 5.74) is 0.495. The molecule has 1 atom stereocenters. The normalized spacial score (nSPS) is 14.9. The number of nitro benzene ring substituents is 1. The van der Waals surface area contributed by atoms with Crippen LogP contribution in [-0.4, -0.2) is 22.8 Å². The molecule has 0 aliphatic carbocycles. The van der Waals surface area contributed by atoms with Crippen LogP contribution in [0.1, 0.15) is 33.3 Å². The Morgan fingerprint density at radius 2 is 1.85 bits per heavy atom. The fourth-order valence-electron chi connectivity index (χ4n) is 4.24. The number of non-ortho nitro benzene ring substituents is 1. The van der Waals surface area contributed by atoms with Gasteiger partial charge < -0.3 is 14.1 Å². The fourth-order valence-corrected chi connectivity index (χ4v) is 4.24. The van der Waals surface area contributed by atoms with E-state index in [1.165, 1.54) is 29.2 Å². The third-order valence-corrected chi connectivity index (χ3v) is 5.84. The highest BCUT2D eigenvalue weighted by molar-refractivity contribution is 5.99. The molecule has 0 fully saturated rings. The maximum absolute atomic E-state index is 13.9. The van der Waals surface area contributed by atoms with E-state index in [0.29, 0.717) is 11.3 Å². The molecular formula is C25H17FN2O6. The van der Waals surface area contributed by atoms with E-state index in [2.05, 4.69) is 0 Å². The first-order chi connectivity index (χ1) is 16.4. The van der Waals surface area contributed by atoms with E-state index in [0.717, 1.165) is 17.7 Å². The molecule has 1 aliphatic heterocycles. The zero-order chi connectivity index (χ0) is 24.0. The molecule has 3 aromatic carbocycles. The zero-order valence-corrected chi connectivity index (χ0v) is 17.9. The first kappa shape index (κ1) is 21.3. The predicted molar refractivity (Wildman–Crippen MR) is 120 cm³/mol. The van der Waals surface area contributed by atoms with Crippen molar-refractivity contribution in [3.8, 4) is 5.75 Å². The minimum atomic E-state index is -0.951. The Bertz CT molecular complexity index is 1510. The van der Waals surface area contributed by atoms with Gasteiger partial charge in [0.15, 0.2) is 5.43 Å².